The average Bonchev–Trinajstić information content (AvgIpc) is 2.88. The van der Waals surface area contributed by atoms with Crippen molar-refractivity contribution in [3.8, 4) is 0 Å². The van der Waals surface area contributed by atoms with Crippen LogP contribution >= 0.6 is 15.9 Å². The summed E-state index contributed by atoms with van der Waals surface area (Å²) in [7, 11) is 0. The number of ketones is 1. The fourth-order valence-corrected chi connectivity index (χ4v) is 2.36. The van der Waals surface area contributed by atoms with Gasteiger partial charge in [0.05, 0.1) is 19.6 Å². The number of rotatable bonds is 3. The molecule has 0 saturated heterocycles. The quantitative estimate of drug-likeness (QED) is 0.815. The van der Waals surface area contributed by atoms with Gasteiger partial charge in [-0.15, -0.1) is 0 Å². The first-order valence-corrected chi connectivity index (χ1v) is 6.85. The Morgan fingerprint density at radius 2 is 2.05 bits per heavy atom. The van der Waals surface area contributed by atoms with Crippen LogP contribution in [-0.4, -0.2) is 10.8 Å². The van der Waals surface area contributed by atoms with Gasteiger partial charge in [0.1, 0.15) is 0 Å². The standard InChI is InChI=1S/C15H12BrNO2/c16-13-3-4-14(17-7-13)6-15(18)10-1-2-11-8-19-9-12(11)5-10/h1-5,7H,6,8-9H2. The molecule has 2 heterocycles. The molecule has 3 nitrogen and oxygen atoms in total. The van der Waals surface area contributed by atoms with E-state index in [1.165, 1.54) is 5.56 Å². The van der Waals surface area contributed by atoms with Crippen LogP contribution in [0, 0.1) is 0 Å². The summed E-state index contributed by atoms with van der Waals surface area (Å²) in [4.78, 5) is 16.4. The maximum Gasteiger partial charge on any atom is 0.168 e. The van der Waals surface area contributed by atoms with Crippen LogP contribution in [0.5, 0.6) is 0 Å². The van der Waals surface area contributed by atoms with E-state index in [2.05, 4.69) is 20.9 Å². The van der Waals surface area contributed by atoms with E-state index in [1.807, 2.05) is 30.3 Å². The van der Waals surface area contributed by atoms with Crippen LogP contribution in [0.4, 0.5) is 0 Å². The number of fused-ring (bicyclic) bond motifs is 1. The van der Waals surface area contributed by atoms with E-state index in [9.17, 15) is 4.79 Å². The van der Waals surface area contributed by atoms with Crippen LogP contribution in [-0.2, 0) is 24.4 Å². The van der Waals surface area contributed by atoms with E-state index >= 15 is 0 Å². The molecule has 0 aliphatic carbocycles. The smallest absolute Gasteiger partial charge is 0.168 e. The second-order valence-electron chi connectivity index (χ2n) is 4.54. The van der Waals surface area contributed by atoms with Gasteiger partial charge in [-0.2, -0.15) is 0 Å². The summed E-state index contributed by atoms with van der Waals surface area (Å²) in [6.07, 6.45) is 2.03. The summed E-state index contributed by atoms with van der Waals surface area (Å²) in [6.45, 7) is 1.26. The summed E-state index contributed by atoms with van der Waals surface area (Å²) >= 11 is 3.33. The van der Waals surface area contributed by atoms with Gasteiger partial charge >= 0.3 is 0 Å². The topological polar surface area (TPSA) is 39.2 Å². The van der Waals surface area contributed by atoms with Gasteiger partial charge in [-0.05, 0) is 45.3 Å². The Morgan fingerprint density at radius 1 is 1.21 bits per heavy atom. The molecule has 1 aliphatic heterocycles. The number of hydrogen-bond acceptors (Lipinski definition) is 3. The maximum atomic E-state index is 12.2. The van der Waals surface area contributed by atoms with Gasteiger partial charge in [0.15, 0.2) is 5.78 Å². The molecule has 0 fully saturated rings. The molecule has 0 radical (unpaired) electrons. The van der Waals surface area contributed by atoms with Crippen molar-refractivity contribution >= 4 is 21.7 Å². The zero-order chi connectivity index (χ0) is 13.2. The molecular weight excluding hydrogens is 306 g/mol. The lowest BCUT2D eigenvalue weighted by Crippen LogP contribution is -2.05. The Labute approximate surface area is 119 Å². The lowest BCUT2D eigenvalue weighted by molar-refractivity contribution is 0.0991. The number of pyridine rings is 1. The van der Waals surface area contributed by atoms with Crippen LogP contribution in [0.3, 0.4) is 0 Å². The Hall–Kier alpha value is -1.52. The van der Waals surface area contributed by atoms with Gasteiger partial charge in [0.2, 0.25) is 0 Å². The van der Waals surface area contributed by atoms with Crippen molar-refractivity contribution in [3.63, 3.8) is 0 Å². The second-order valence-corrected chi connectivity index (χ2v) is 5.46. The monoisotopic (exact) mass is 317 g/mol. The SMILES string of the molecule is O=C(Cc1ccc(Br)cn1)c1ccc2c(c1)COC2. The van der Waals surface area contributed by atoms with Gasteiger partial charge in [-0.25, -0.2) is 0 Å². The molecule has 0 bridgehead atoms. The molecule has 0 N–H and O–H groups in total. The van der Waals surface area contributed by atoms with Gasteiger partial charge in [0.25, 0.3) is 0 Å². The Morgan fingerprint density at radius 3 is 2.84 bits per heavy atom. The Kier molecular flexibility index (Phi) is 3.44. The van der Waals surface area contributed by atoms with Crippen LogP contribution in [0.2, 0.25) is 0 Å². The van der Waals surface area contributed by atoms with Crippen molar-refractivity contribution in [2.24, 2.45) is 0 Å². The number of hydrogen-bond donors (Lipinski definition) is 0. The molecule has 4 heteroatoms. The highest BCUT2D eigenvalue weighted by molar-refractivity contribution is 9.10. The van der Waals surface area contributed by atoms with E-state index in [-0.39, 0.29) is 5.78 Å². The number of halogens is 1. The number of benzene rings is 1. The Bertz CT molecular complexity index is 623. The lowest BCUT2D eigenvalue weighted by atomic mass is 10.0. The molecule has 0 saturated carbocycles. The molecular formula is C15H12BrNO2. The normalized spacial score (nSPS) is 13.3. The first-order chi connectivity index (χ1) is 9.22. The number of Topliss-reactive ketones (excluding diaryl/α,β-unsaturated/α-hetero) is 1. The predicted molar refractivity (Wildman–Crippen MR) is 74.9 cm³/mol. The minimum absolute atomic E-state index is 0.0875. The first kappa shape index (κ1) is 12.5. The number of ether oxygens (including phenoxy) is 1. The van der Waals surface area contributed by atoms with Crippen molar-refractivity contribution in [3.05, 3.63) is 63.4 Å². The molecule has 3 rings (SSSR count). The van der Waals surface area contributed by atoms with E-state index < -0.39 is 0 Å². The summed E-state index contributed by atoms with van der Waals surface area (Å²) in [5, 5.41) is 0. The molecule has 0 amide bonds. The maximum absolute atomic E-state index is 12.2. The van der Waals surface area contributed by atoms with Gasteiger partial charge < -0.3 is 4.74 Å². The number of aromatic nitrogens is 1. The van der Waals surface area contributed by atoms with Crippen LogP contribution in [0.25, 0.3) is 0 Å². The van der Waals surface area contributed by atoms with Crippen LogP contribution in [0.1, 0.15) is 27.2 Å². The largest absolute Gasteiger partial charge is 0.372 e. The number of carbonyl (C=O) groups is 1. The van der Waals surface area contributed by atoms with E-state index in [4.69, 9.17) is 4.74 Å². The average molecular weight is 318 g/mol. The molecule has 1 aromatic heterocycles. The Balaban J connectivity index is 1.78. The molecule has 0 spiro atoms. The van der Waals surface area contributed by atoms with Gasteiger partial charge in [0, 0.05) is 21.9 Å². The first-order valence-electron chi connectivity index (χ1n) is 6.05. The summed E-state index contributed by atoms with van der Waals surface area (Å²) in [5.74, 6) is 0.0875. The number of nitrogens with zero attached hydrogens (tertiary/aromatic N) is 1. The van der Waals surface area contributed by atoms with E-state index in [1.54, 1.807) is 6.20 Å². The van der Waals surface area contributed by atoms with Crippen molar-refractivity contribution in [2.45, 2.75) is 19.6 Å². The fourth-order valence-electron chi connectivity index (χ4n) is 2.12. The highest BCUT2D eigenvalue weighted by Crippen LogP contribution is 2.21. The van der Waals surface area contributed by atoms with E-state index in [0.29, 0.717) is 19.6 Å². The van der Waals surface area contributed by atoms with Crippen molar-refractivity contribution < 1.29 is 9.53 Å². The molecule has 19 heavy (non-hydrogen) atoms. The van der Waals surface area contributed by atoms with Crippen molar-refractivity contribution in [1.29, 1.82) is 0 Å². The molecule has 1 aliphatic rings. The second kappa shape index (κ2) is 5.23. The third-order valence-corrected chi connectivity index (χ3v) is 3.64. The minimum atomic E-state index is 0.0875. The van der Waals surface area contributed by atoms with Gasteiger partial charge in [-0.3, -0.25) is 9.78 Å². The predicted octanol–water partition coefficient (Wildman–Crippen LogP) is 3.30. The van der Waals surface area contributed by atoms with Crippen molar-refractivity contribution in [2.75, 3.05) is 0 Å². The highest BCUT2D eigenvalue weighted by atomic mass is 79.9. The van der Waals surface area contributed by atoms with E-state index in [0.717, 1.165) is 21.3 Å². The third kappa shape index (κ3) is 2.74. The van der Waals surface area contributed by atoms with Crippen LogP contribution in [0.15, 0.2) is 41.0 Å². The van der Waals surface area contributed by atoms with Crippen LogP contribution < -0.4 is 0 Å². The summed E-state index contributed by atoms with van der Waals surface area (Å²) < 4.78 is 6.27. The van der Waals surface area contributed by atoms with Crippen molar-refractivity contribution in [1.82, 2.24) is 4.98 Å². The molecule has 1 aromatic carbocycles. The number of carbonyl (C=O) groups excluding carboxylic acids is 1. The highest BCUT2D eigenvalue weighted by Gasteiger charge is 2.14. The molecule has 96 valence electrons. The molecule has 0 unspecified atom stereocenters. The summed E-state index contributed by atoms with van der Waals surface area (Å²) in [5.41, 5.74) is 3.81. The minimum Gasteiger partial charge on any atom is -0.372 e. The lowest BCUT2D eigenvalue weighted by Gasteiger charge is -2.03. The van der Waals surface area contributed by atoms with Gasteiger partial charge in [-0.1, -0.05) is 12.1 Å². The summed E-state index contributed by atoms with van der Waals surface area (Å²) in [6, 6.07) is 9.54. The fraction of sp³-hybridized carbons (Fsp3) is 0.200. The zero-order valence-electron chi connectivity index (χ0n) is 10.2. The third-order valence-electron chi connectivity index (χ3n) is 3.17. The zero-order valence-corrected chi connectivity index (χ0v) is 11.8. The molecule has 2 aromatic rings. The molecule has 0 atom stereocenters.